The highest BCUT2D eigenvalue weighted by molar-refractivity contribution is 7.14. The van der Waals surface area contributed by atoms with E-state index in [0.29, 0.717) is 11.4 Å². The Morgan fingerprint density at radius 3 is 2.67 bits per heavy atom. The fourth-order valence-corrected chi connectivity index (χ4v) is 0.779. The first-order chi connectivity index (χ1) is 4.25. The van der Waals surface area contributed by atoms with Crippen LogP contribution in [0.5, 0.6) is 0 Å². The molecule has 0 aliphatic heterocycles. The number of nitrogen functional groups attached to an aromatic ring is 1. The summed E-state index contributed by atoms with van der Waals surface area (Å²) in [5.74, 6) is 0.488. The Morgan fingerprint density at radius 2 is 2.44 bits per heavy atom. The Labute approximate surface area is 55.3 Å². The Hall–Kier alpha value is -1.00. The van der Waals surface area contributed by atoms with Crippen molar-refractivity contribution in [2.45, 2.75) is 0 Å². The lowest BCUT2D eigenvalue weighted by molar-refractivity contribution is 1.30. The molecular formula is C5H6N3P. The lowest BCUT2D eigenvalue weighted by atomic mass is 10.3. The van der Waals surface area contributed by atoms with E-state index in [-0.39, 0.29) is 0 Å². The van der Waals surface area contributed by atoms with Gasteiger partial charge in [-0.25, -0.2) is 0 Å². The summed E-state index contributed by atoms with van der Waals surface area (Å²) in [6.07, 6.45) is 1.72. The zero-order chi connectivity index (χ0) is 6.85. The minimum Gasteiger partial charge on any atom is -0.384 e. The van der Waals surface area contributed by atoms with Gasteiger partial charge < -0.3 is 10.1 Å². The van der Waals surface area contributed by atoms with Crippen molar-refractivity contribution >= 4 is 15.2 Å². The van der Waals surface area contributed by atoms with Crippen LogP contribution in [0.25, 0.3) is 0 Å². The van der Waals surface area contributed by atoms with Gasteiger partial charge in [-0.1, -0.05) is 0 Å². The summed E-state index contributed by atoms with van der Waals surface area (Å²) in [5, 5.41) is 8.38. The van der Waals surface area contributed by atoms with Gasteiger partial charge >= 0.3 is 0 Å². The van der Waals surface area contributed by atoms with Crippen LogP contribution in [0, 0.1) is 11.3 Å². The Balaban J connectivity index is 3.24. The largest absolute Gasteiger partial charge is 0.384 e. The molecule has 1 aromatic rings. The quantitative estimate of drug-likeness (QED) is 0.534. The predicted octanol–water partition coefficient (Wildman–Crippen LogP) is 0.580. The first kappa shape index (κ1) is 6.12. The van der Waals surface area contributed by atoms with Crippen LogP contribution < -0.4 is 5.73 Å². The summed E-state index contributed by atoms with van der Waals surface area (Å²) in [7, 11) is 2.38. The van der Waals surface area contributed by atoms with E-state index >= 15 is 0 Å². The van der Waals surface area contributed by atoms with Gasteiger partial charge in [-0.15, -0.1) is 0 Å². The molecule has 0 fully saturated rings. The Kier molecular flexibility index (Phi) is 1.42. The molecule has 3 nitrogen and oxygen atoms in total. The van der Waals surface area contributed by atoms with Gasteiger partial charge in [0.05, 0.1) is 5.56 Å². The van der Waals surface area contributed by atoms with Crippen LogP contribution in [-0.2, 0) is 0 Å². The Bertz CT molecular complexity index is 258. The van der Waals surface area contributed by atoms with Crippen molar-refractivity contribution < 1.29 is 0 Å². The molecule has 1 aromatic heterocycles. The molecule has 9 heavy (non-hydrogen) atoms. The molecule has 0 aromatic carbocycles. The van der Waals surface area contributed by atoms with Crippen molar-refractivity contribution in [2.75, 3.05) is 5.73 Å². The number of anilines is 1. The summed E-state index contributed by atoms with van der Waals surface area (Å²) in [5.41, 5.74) is 5.95. The lowest BCUT2D eigenvalue weighted by Gasteiger charge is -1.91. The minimum absolute atomic E-state index is 0.488. The van der Waals surface area contributed by atoms with Gasteiger partial charge in [0.1, 0.15) is 11.9 Å². The predicted molar refractivity (Wildman–Crippen MR) is 38.7 cm³/mol. The number of hydrogen-bond acceptors (Lipinski definition) is 2. The SMILES string of the molecule is N#Cc1ccn(P)c1N. The average molecular weight is 139 g/mol. The van der Waals surface area contributed by atoms with Crippen molar-refractivity contribution in [3.05, 3.63) is 17.8 Å². The molecule has 1 unspecified atom stereocenters. The van der Waals surface area contributed by atoms with Crippen LogP contribution in [-0.4, -0.2) is 4.34 Å². The third-order valence-corrected chi connectivity index (χ3v) is 1.53. The van der Waals surface area contributed by atoms with Crippen LogP contribution >= 0.6 is 9.39 Å². The monoisotopic (exact) mass is 139 g/mol. The summed E-state index contributed by atoms with van der Waals surface area (Å²) in [4.78, 5) is 0. The summed E-state index contributed by atoms with van der Waals surface area (Å²) in [6.45, 7) is 0. The summed E-state index contributed by atoms with van der Waals surface area (Å²) < 4.78 is 1.62. The van der Waals surface area contributed by atoms with Gasteiger partial charge in [0.25, 0.3) is 0 Å². The molecule has 1 heterocycles. The van der Waals surface area contributed by atoms with Crippen molar-refractivity contribution in [2.24, 2.45) is 0 Å². The highest BCUT2D eigenvalue weighted by Crippen LogP contribution is 2.13. The maximum atomic E-state index is 8.38. The maximum Gasteiger partial charge on any atom is 0.124 e. The van der Waals surface area contributed by atoms with E-state index < -0.39 is 0 Å². The summed E-state index contributed by atoms with van der Waals surface area (Å²) in [6, 6.07) is 3.63. The van der Waals surface area contributed by atoms with Crippen LogP contribution in [0.3, 0.4) is 0 Å². The minimum atomic E-state index is 0.488. The van der Waals surface area contributed by atoms with E-state index in [2.05, 4.69) is 9.39 Å². The molecule has 1 rings (SSSR count). The van der Waals surface area contributed by atoms with Crippen LogP contribution in [0.15, 0.2) is 12.3 Å². The topological polar surface area (TPSA) is 54.7 Å². The van der Waals surface area contributed by atoms with Crippen molar-refractivity contribution in [1.29, 1.82) is 5.26 Å². The van der Waals surface area contributed by atoms with Gasteiger partial charge in [0.15, 0.2) is 0 Å². The van der Waals surface area contributed by atoms with E-state index in [9.17, 15) is 0 Å². The third-order valence-electron chi connectivity index (χ3n) is 1.08. The van der Waals surface area contributed by atoms with E-state index in [1.54, 1.807) is 16.6 Å². The standard InChI is InChI=1S/C5H6N3P/c6-3-4-1-2-8(9)5(4)7/h1-2H,7,9H2. The number of aromatic nitrogens is 1. The molecule has 0 saturated carbocycles. The molecule has 2 N–H and O–H groups in total. The lowest BCUT2D eigenvalue weighted by Crippen LogP contribution is -1.90. The van der Waals surface area contributed by atoms with Crippen molar-refractivity contribution in [3.8, 4) is 6.07 Å². The molecule has 0 aliphatic carbocycles. The van der Waals surface area contributed by atoms with Gasteiger partial charge in [-0.2, -0.15) is 5.26 Å². The van der Waals surface area contributed by atoms with Gasteiger partial charge in [0.2, 0.25) is 0 Å². The molecular weight excluding hydrogens is 133 g/mol. The molecule has 0 bridgehead atoms. The molecule has 4 heteroatoms. The van der Waals surface area contributed by atoms with Crippen LogP contribution in [0.2, 0.25) is 0 Å². The van der Waals surface area contributed by atoms with Gasteiger partial charge in [-0.3, -0.25) is 0 Å². The van der Waals surface area contributed by atoms with Crippen LogP contribution in [0.1, 0.15) is 5.56 Å². The van der Waals surface area contributed by atoms with E-state index in [1.165, 1.54) is 0 Å². The number of nitrogens with zero attached hydrogens (tertiary/aromatic N) is 2. The highest BCUT2D eigenvalue weighted by Gasteiger charge is 1.98. The normalized spacial score (nSPS) is 8.89. The Morgan fingerprint density at radius 1 is 1.78 bits per heavy atom. The van der Waals surface area contributed by atoms with E-state index in [4.69, 9.17) is 11.0 Å². The second kappa shape index (κ2) is 2.08. The second-order valence-corrected chi connectivity index (χ2v) is 2.19. The number of nitrogens with two attached hydrogens (primary N) is 1. The fraction of sp³-hybridized carbons (Fsp3) is 0. The smallest absolute Gasteiger partial charge is 0.124 e. The van der Waals surface area contributed by atoms with Crippen molar-refractivity contribution in [1.82, 2.24) is 4.34 Å². The molecule has 0 radical (unpaired) electrons. The second-order valence-electron chi connectivity index (χ2n) is 1.63. The molecule has 0 aliphatic rings. The number of nitriles is 1. The van der Waals surface area contributed by atoms with Crippen molar-refractivity contribution in [3.63, 3.8) is 0 Å². The molecule has 0 spiro atoms. The molecule has 1 atom stereocenters. The number of rotatable bonds is 0. The van der Waals surface area contributed by atoms with E-state index in [0.717, 1.165) is 0 Å². The van der Waals surface area contributed by atoms with Gasteiger partial charge in [0, 0.05) is 6.20 Å². The highest BCUT2D eigenvalue weighted by atomic mass is 31.0. The van der Waals surface area contributed by atoms with Gasteiger partial charge in [-0.05, 0) is 15.5 Å². The maximum absolute atomic E-state index is 8.38. The molecule has 0 saturated heterocycles. The summed E-state index contributed by atoms with van der Waals surface area (Å²) >= 11 is 0. The number of hydrogen-bond donors (Lipinski definition) is 1. The van der Waals surface area contributed by atoms with E-state index in [1.807, 2.05) is 6.07 Å². The first-order valence-corrected chi connectivity index (χ1v) is 2.89. The molecule has 0 amide bonds. The molecule has 46 valence electrons. The fourth-order valence-electron chi connectivity index (χ4n) is 0.554. The zero-order valence-electron chi connectivity index (χ0n) is 4.70. The third kappa shape index (κ3) is 0.893. The average Bonchev–Trinajstić information content (AvgIpc) is 2.15. The first-order valence-electron chi connectivity index (χ1n) is 2.37. The van der Waals surface area contributed by atoms with Crippen LogP contribution in [0.4, 0.5) is 5.82 Å². The zero-order valence-corrected chi connectivity index (χ0v) is 5.86.